The maximum absolute atomic E-state index is 5.85. The molecule has 0 fully saturated rings. The topological polar surface area (TPSA) is 73.1 Å². The number of nitrogens with two attached hydrogens (primary N) is 1. The van der Waals surface area contributed by atoms with Crippen molar-refractivity contribution < 1.29 is 4.74 Å². The van der Waals surface area contributed by atoms with Crippen molar-refractivity contribution in [3.63, 3.8) is 0 Å². The zero-order valence-corrected chi connectivity index (χ0v) is 12.4. The second kappa shape index (κ2) is 7.12. The molecule has 20 heavy (non-hydrogen) atoms. The SMILES string of the molecule is CCCc1c(NN)ncnc1Oc1ccc(SC)cc1. The van der Waals surface area contributed by atoms with E-state index in [-0.39, 0.29) is 0 Å². The number of ether oxygens (including phenoxy) is 1. The summed E-state index contributed by atoms with van der Waals surface area (Å²) in [5, 5.41) is 0. The second-order valence-electron chi connectivity index (χ2n) is 4.18. The molecular formula is C14H18N4OS. The Balaban J connectivity index is 2.27. The quantitative estimate of drug-likeness (QED) is 0.483. The van der Waals surface area contributed by atoms with Gasteiger partial charge in [-0.15, -0.1) is 11.8 Å². The van der Waals surface area contributed by atoms with Gasteiger partial charge in [-0.3, -0.25) is 0 Å². The van der Waals surface area contributed by atoms with E-state index in [4.69, 9.17) is 10.6 Å². The molecule has 6 heteroatoms. The molecule has 0 unspecified atom stereocenters. The van der Waals surface area contributed by atoms with Crippen molar-refractivity contribution in [2.75, 3.05) is 11.7 Å². The first-order valence-electron chi connectivity index (χ1n) is 6.40. The number of rotatable bonds is 6. The predicted octanol–water partition coefficient (Wildman–Crippen LogP) is 3.23. The molecule has 0 spiro atoms. The Morgan fingerprint density at radius 1 is 1.25 bits per heavy atom. The molecule has 2 aromatic rings. The maximum atomic E-state index is 5.85. The second-order valence-corrected chi connectivity index (χ2v) is 5.06. The van der Waals surface area contributed by atoms with Gasteiger partial charge in [-0.2, -0.15) is 0 Å². The molecule has 0 atom stereocenters. The van der Waals surface area contributed by atoms with Crippen LogP contribution in [0.5, 0.6) is 11.6 Å². The number of thioether (sulfide) groups is 1. The lowest BCUT2D eigenvalue weighted by Crippen LogP contribution is -2.12. The van der Waals surface area contributed by atoms with E-state index < -0.39 is 0 Å². The van der Waals surface area contributed by atoms with Gasteiger partial charge in [-0.25, -0.2) is 15.8 Å². The standard InChI is InChI=1S/C14H18N4OS/c1-3-4-12-13(18-15)16-9-17-14(12)19-10-5-7-11(20-2)8-6-10/h5-9H,3-4,15H2,1-2H3,(H,16,17,18). The van der Waals surface area contributed by atoms with Crippen LogP contribution >= 0.6 is 11.8 Å². The molecule has 0 saturated carbocycles. The van der Waals surface area contributed by atoms with Crippen molar-refractivity contribution in [2.45, 2.75) is 24.7 Å². The van der Waals surface area contributed by atoms with Crippen molar-refractivity contribution in [3.8, 4) is 11.6 Å². The molecule has 1 aromatic carbocycles. The molecule has 1 aromatic heterocycles. The highest BCUT2D eigenvalue weighted by molar-refractivity contribution is 7.98. The molecule has 0 aliphatic rings. The van der Waals surface area contributed by atoms with Crippen LogP contribution in [0.1, 0.15) is 18.9 Å². The molecular weight excluding hydrogens is 272 g/mol. The van der Waals surface area contributed by atoms with Gasteiger partial charge in [0, 0.05) is 4.90 Å². The van der Waals surface area contributed by atoms with E-state index in [1.807, 2.05) is 30.5 Å². The van der Waals surface area contributed by atoms with Crippen LogP contribution < -0.4 is 16.0 Å². The lowest BCUT2D eigenvalue weighted by Gasteiger charge is -2.12. The summed E-state index contributed by atoms with van der Waals surface area (Å²) < 4.78 is 5.85. The van der Waals surface area contributed by atoms with Gasteiger partial charge in [0.25, 0.3) is 0 Å². The third-order valence-corrected chi connectivity index (χ3v) is 3.56. The lowest BCUT2D eigenvalue weighted by molar-refractivity contribution is 0.454. The molecule has 106 valence electrons. The van der Waals surface area contributed by atoms with E-state index in [0.717, 1.165) is 24.2 Å². The number of benzene rings is 1. The molecule has 0 radical (unpaired) electrons. The molecule has 3 N–H and O–H groups in total. The van der Waals surface area contributed by atoms with Crippen LogP contribution in [-0.4, -0.2) is 16.2 Å². The Bertz CT molecular complexity index is 560. The molecule has 5 nitrogen and oxygen atoms in total. The summed E-state index contributed by atoms with van der Waals surface area (Å²) in [5.74, 6) is 7.39. The smallest absolute Gasteiger partial charge is 0.227 e. The van der Waals surface area contributed by atoms with Crippen molar-refractivity contribution >= 4 is 17.6 Å². The number of hydrogen-bond acceptors (Lipinski definition) is 6. The molecule has 2 rings (SSSR count). The number of nitrogen functional groups attached to an aromatic ring is 1. The highest BCUT2D eigenvalue weighted by atomic mass is 32.2. The zero-order valence-electron chi connectivity index (χ0n) is 11.6. The number of hydrogen-bond donors (Lipinski definition) is 2. The molecule has 0 aliphatic carbocycles. The molecule has 0 amide bonds. The monoisotopic (exact) mass is 290 g/mol. The first kappa shape index (κ1) is 14.6. The summed E-state index contributed by atoms with van der Waals surface area (Å²) in [6, 6.07) is 7.89. The van der Waals surface area contributed by atoms with Crippen LogP contribution in [-0.2, 0) is 6.42 Å². The van der Waals surface area contributed by atoms with Crippen LogP contribution in [0.2, 0.25) is 0 Å². The van der Waals surface area contributed by atoms with Gasteiger partial charge in [0.05, 0.1) is 5.56 Å². The molecule has 1 heterocycles. The van der Waals surface area contributed by atoms with Gasteiger partial charge < -0.3 is 10.2 Å². The van der Waals surface area contributed by atoms with Gasteiger partial charge in [-0.1, -0.05) is 13.3 Å². The van der Waals surface area contributed by atoms with Crippen molar-refractivity contribution in [1.82, 2.24) is 9.97 Å². The van der Waals surface area contributed by atoms with Gasteiger partial charge in [0.15, 0.2) is 0 Å². The zero-order chi connectivity index (χ0) is 14.4. The fourth-order valence-corrected chi connectivity index (χ4v) is 2.25. The minimum atomic E-state index is 0.548. The Hall–Kier alpha value is -1.79. The van der Waals surface area contributed by atoms with E-state index in [2.05, 4.69) is 22.3 Å². The van der Waals surface area contributed by atoms with E-state index in [0.29, 0.717) is 11.7 Å². The van der Waals surface area contributed by atoms with E-state index in [1.165, 1.54) is 11.2 Å². The number of nitrogens with one attached hydrogen (secondary N) is 1. The fraction of sp³-hybridized carbons (Fsp3) is 0.286. The molecule has 0 bridgehead atoms. The van der Waals surface area contributed by atoms with Gasteiger partial charge in [-0.05, 0) is 36.9 Å². The van der Waals surface area contributed by atoms with E-state index >= 15 is 0 Å². The fourth-order valence-electron chi connectivity index (χ4n) is 1.84. The number of nitrogens with zero attached hydrogens (tertiary/aromatic N) is 2. The summed E-state index contributed by atoms with van der Waals surface area (Å²) in [6.07, 6.45) is 5.25. The first-order chi connectivity index (χ1) is 9.78. The number of anilines is 1. The van der Waals surface area contributed by atoms with Crippen LogP contribution in [0.15, 0.2) is 35.5 Å². The van der Waals surface area contributed by atoms with Gasteiger partial charge in [0.2, 0.25) is 5.88 Å². The number of hydrazine groups is 1. The minimum absolute atomic E-state index is 0.548. The Kier molecular flexibility index (Phi) is 5.20. The number of aromatic nitrogens is 2. The van der Waals surface area contributed by atoms with Crippen LogP contribution in [0.3, 0.4) is 0 Å². The minimum Gasteiger partial charge on any atom is -0.439 e. The normalized spacial score (nSPS) is 10.3. The Morgan fingerprint density at radius 2 is 2.00 bits per heavy atom. The first-order valence-corrected chi connectivity index (χ1v) is 7.63. The Morgan fingerprint density at radius 3 is 2.60 bits per heavy atom. The summed E-state index contributed by atoms with van der Waals surface area (Å²) in [6.45, 7) is 2.09. The molecule has 0 aliphatic heterocycles. The maximum Gasteiger partial charge on any atom is 0.227 e. The van der Waals surface area contributed by atoms with E-state index in [1.54, 1.807) is 11.8 Å². The van der Waals surface area contributed by atoms with Crippen LogP contribution in [0, 0.1) is 0 Å². The summed E-state index contributed by atoms with van der Waals surface area (Å²) >= 11 is 1.69. The largest absolute Gasteiger partial charge is 0.439 e. The summed E-state index contributed by atoms with van der Waals surface area (Å²) in [4.78, 5) is 9.52. The molecule has 0 saturated heterocycles. The van der Waals surface area contributed by atoms with E-state index in [9.17, 15) is 0 Å². The lowest BCUT2D eigenvalue weighted by atomic mass is 10.2. The van der Waals surface area contributed by atoms with Crippen LogP contribution in [0.4, 0.5) is 5.82 Å². The third kappa shape index (κ3) is 3.40. The predicted molar refractivity (Wildman–Crippen MR) is 82.1 cm³/mol. The summed E-state index contributed by atoms with van der Waals surface area (Å²) in [5.41, 5.74) is 3.49. The van der Waals surface area contributed by atoms with Gasteiger partial charge in [0.1, 0.15) is 17.9 Å². The van der Waals surface area contributed by atoms with Crippen molar-refractivity contribution in [3.05, 3.63) is 36.2 Å². The van der Waals surface area contributed by atoms with Crippen molar-refractivity contribution in [1.29, 1.82) is 0 Å². The highest BCUT2D eigenvalue weighted by Gasteiger charge is 2.12. The van der Waals surface area contributed by atoms with Crippen molar-refractivity contribution in [2.24, 2.45) is 5.84 Å². The third-order valence-electron chi connectivity index (χ3n) is 2.82. The average Bonchev–Trinajstić information content (AvgIpc) is 2.50. The highest BCUT2D eigenvalue weighted by Crippen LogP contribution is 2.28. The summed E-state index contributed by atoms with van der Waals surface area (Å²) in [7, 11) is 0. The Labute approximate surface area is 122 Å². The average molecular weight is 290 g/mol. The van der Waals surface area contributed by atoms with Crippen LogP contribution in [0.25, 0.3) is 0 Å². The van der Waals surface area contributed by atoms with Gasteiger partial charge >= 0.3 is 0 Å².